The van der Waals surface area contributed by atoms with E-state index in [1.807, 2.05) is 12.1 Å². The Morgan fingerprint density at radius 1 is 1.25 bits per heavy atom. The van der Waals surface area contributed by atoms with Gasteiger partial charge in [-0.05, 0) is 61.6 Å². The van der Waals surface area contributed by atoms with E-state index in [1.54, 1.807) is 0 Å². The summed E-state index contributed by atoms with van der Waals surface area (Å²) in [4.78, 5) is 12.9. The molecule has 2 aliphatic carbocycles. The molecule has 4 unspecified atom stereocenters. The van der Waals surface area contributed by atoms with Crippen molar-refractivity contribution in [1.29, 1.82) is 0 Å². The molecule has 1 aromatic heterocycles. The van der Waals surface area contributed by atoms with Gasteiger partial charge in [-0.15, -0.1) is 0 Å². The molecule has 2 aliphatic heterocycles. The van der Waals surface area contributed by atoms with Crippen LogP contribution in [0, 0.1) is 5.92 Å². The van der Waals surface area contributed by atoms with Gasteiger partial charge in [-0.25, -0.2) is 4.98 Å². The summed E-state index contributed by atoms with van der Waals surface area (Å²) in [6.07, 6.45) is 4.93. The first-order valence-corrected chi connectivity index (χ1v) is 13.3. The van der Waals surface area contributed by atoms with Crippen LogP contribution in [-0.2, 0) is 10.8 Å². The predicted molar refractivity (Wildman–Crippen MR) is 127 cm³/mol. The van der Waals surface area contributed by atoms with E-state index in [-0.39, 0.29) is 17.4 Å². The van der Waals surface area contributed by atoms with Gasteiger partial charge in [0.1, 0.15) is 10.7 Å². The number of aromatic nitrogens is 2. The Morgan fingerprint density at radius 3 is 2.69 bits per heavy atom. The van der Waals surface area contributed by atoms with Crippen molar-refractivity contribution < 1.29 is 9.32 Å². The number of hydrogen-bond donors (Lipinski definition) is 2. The fourth-order valence-electron chi connectivity index (χ4n) is 5.69. The number of nitrogens with one attached hydrogen (secondary N) is 1. The van der Waals surface area contributed by atoms with Gasteiger partial charge in [0.2, 0.25) is 5.95 Å². The summed E-state index contributed by atoms with van der Waals surface area (Å²) in [7, 11) is -1.05. The van der Waals surface area contributed by atoms with Gasteiger partial charge in [0.25, 0.3) is 0 Å². The van der Waals surface area contributed by atoms with Crippen LogP contribution >= 0.6 is 11.6 Å². The van der Waals surface area contributed by atoms with Gasteiger partial charge in [-0.3, -0.25) is 4.21 Å². The van der Waals surface area contributed by atoms with Crippen molar-refractivity contribution in [2.45, 2.75) is 66.5 Å². The van der Waals surface area contributed by atoms with Crippen LogP contribution in [0.15, 0.2) is 29.2 Å². The Labute approximate surface area is 196 Å². The fourth-order valence-corrected chi connectivity index (χ4v) is 7.62. The van der Waals surface area contributed by atoms with E-state index in [9.17, 15) is 9.32 Å². The summed E-state index contributed by atoms with van der Waals surface area (Å²) >= 11 is 6.08. The zero-order valence-electron chi connectivity index (χ0n) is 18.3. The van der Waals surface area contributed by atoms with Gasteiger partial charge in [0.05, 0.1) is 28.6 Å². The van der Waals surface area contributed by atoms with E-state index in [2.05, 4.69) is 29.3 Å². The van der Waals surface area contributed by atoms with Crippen LogP contribution in [0.2, 0.25) is 5.02 Å². The Kier molecular flexibility index (Phi) is 5.01. The molecule has 1 aromatic carbocycles. The number of piperidine rings is 1. The first kappa shape index (κ1) is 20.9. The molecule has 8 heteroatoms. The molecule has 1 saturated heterocycles. The number of halogens is 1. The van der Waals surface area contributed by atoms with Crippen LogP contribution in [-0.4, -0.2) is 49.8 Å². The van der Waals surface area contributed by atoms with Crippen LogP contribution in [0.4, 0.5) is 11.8 Å². The van der Waals surface area contributed by atoms with Gasteiger partial charge < -0.3 is 15.3 Å². The van der Waals surface area contributed by atoms with Crippen molar-refractivity contribution >= 4 is 34.2 Å². The minimum Gasteiger partial charge on any atom is -0.394 e. The summed E-state index contributed by atoms with van der Waals surface area (Å²) in [5.74, 6) is 2.69. The van der Waals surface area contributed by atoms with Crippen LogP contribution in [0.5, 0.6) is 0 Å². The van der Waals surface area contributed by atoms with Gasteiger partial charge in [-0.2, -0.15) is 4.98 Å². The topological polar surface area (TPSA) is 78.3 Å². The average molecular weight is 473 g/mol. The monoisotopic (exact) mass is 472 g/mol. The summed E-state index contributed by atoms with van der Waals surface area (Å²) < 4.78 is 13.0. The molecule has 0 bridgehead atoms. The third-order valence-electron chi connectivity index (χ3n) is 7.92. The van der Waals surface area contributed by atoms with Gasteiger partial charge in [-0.1, -0.05) is 30.7 Å². The highest BCUT2D eigenvalue weighted by atomic mass is 35.5. The number of hydrogen-bond acceptors (Lipinski definition) is 6. The van der Waals surface area contributed by atoms with Crippen molar-refractivity contribution in [2.24, 2.45) is 5.92 Å². The number of aliphatic hydroxyl groups is 1. The molecule has 32 heavy (non-hydrogen) atoms. The quantitative estimate of drug-likeness (QED) is 0.683. The molecule has 2 saturated carbocycles. The molecule has 0 spiro atoms. The minimum absolute atomic E-state index is 0.0735. The van der Waals surface area contributed by atoms with Crippen LogP contribution in [0.3, 0.4) is 0 Å². The molecule has 170 valence electrons. The number of benzene rings is 1. The highest BCUT2D eigenvalue weighted by molar-refractivity contribution is 7.86. The SMILES string of the molecule is CC1CN(c2nc(NC3(CO)CCC3)c3c(n2)C2CC2[S@@]3=O)CCC1c1ccc(Cl)cc1. The maximum absolute atomic E-state index is 13.0. The average Bonchev–Trinajstić information content (AvgIpc) is 3.52. The summed E-state index contributed by atoms with van der Waals surface area (Å²) in [6, 6.07) is 8.23. The van der Waals surface area contributed by atoms with Crippen molar-refractivity contribution in [3.05, 3.63) is 40.5 Å². The summed E-state index contributed by atoms with van der Waals surface area (Å²) in [5.41, 5.74) is 1.98. The molecule has 0 radical (unpaired) electrons. The second-order valence-corrected chi connectivity index (χ2v) is 12.1. The summed E-state index contributed by atoms with van der Waals surface area (Å²) in [6.45, 7) is 4.13. The van der Waals surface area contributed by atoms with E-state index < -0.39 is 10.8 Å². The lowest BCUT2D eigenvalue weighted by atomic mass is 9.77. The highest BCUT2D eigenvalue weighted by Gasteiger charge is 2.55. The maximum Gasteiger partial charge on any atom is 0.227 e. The number of aliphatic hydroxyl groups excluding tert-OH is 1. The molecule has 3 fully saturated rings. The third kappa shape index (κ3) is 3.35. The van der Waals surface area contributed by atoms with E-state index in [1.165, 1.54) is 5.56 Å². The Hall–Kier alpha value is -1.70. The molecule has 6 nitrogen and oxygen atoms in total. The molecule has 0 amide bonds. The van der Waals surface area contributed by atoms with E-state index in [4.69, 9.17) is 21.6 Å². The van der Waals surface area contributed by atoms with Crippen molar-refractivity contribution in [1.82, 2.24) is 9.97 Å². The number of rotatable bonds is 5. The highest BCUT2D eigenvalue weighted by Crippen LogP contribution is 2.56. The summed E-state index contributed by atoms with van der Waals surface area (Å²) in [5, 5.41) is 14.5. The predicted octanol–water partition coefficient (Wildman–Crippen LogP) is 4.06. The van der Waals surface area contributed by atoms with E-state index in [0.29, 0.717) is 23.6 Å². The molecule has 5 atom stereocenters. The van der Waals surface area contributed by atoms with Gasteiger partial charge in [0, 0.05) is 29.3 Å². The molecular weight excluding hydrogens is 444 g/mol. The largest absolute Gasteiger partial charge is 0.394 e. The number of nitrogens with zero attached hydrogens (tertiary/aromatic N) is 3. The van der Waals surface area contributed by atoms with Gasteiger partial charge in [0.15, 0.2) is 0 Å². The molecule has 4 aliphatic rings. The lowest BCUT2D eigenvalue weighted by Crippen LogP contribution is -2.49. The third-order valence-corrected chi connectivity index (χ3v) is 10.1. The lowest BCUT2D eigenvalue weighted by Gasteiger charge is -2.42. The zero-order valence-corrected chi connectivity index (χ0v) is 19.8. The molecule has 6 rings (SSSR count). The standard InChI is InChI=1S/C24H29ClN4O2S/c1-14-12-29(10-7-17(14)15-3-5-16(25)6-4-15)23-26-20-18-11-19(18)32(31)21(20)22(27-23)28-24(13-30)8-2-9-24/h3-6,14,17-19,30H,2,7-13H2,1H3,(H,26,27,28)/t14?,17?,18?,19?,32-/m0/s1. The first-order chi connectivity index (χ1) is 15.5. The van der Waals surface area contributed by atoms with Crippen molar-refractivity contribution in [3.63, 3.8) is 0 Å². The Balaban J connectivity index is 1.29. The second-order valence-electron chi connectivity index (χ2n) is 10.1. The molecular formula is C24H29ClN4O2S. The lowest BCUT2D eigenvalue weighted by molar-refractivity contribution is 0.143. The van der Waals surface area contributed by atoms with Crippen molar-refractivity contribution in [2.75, 3.05) is 29.9 Å². The second kappa shape index (κ2) is 7.67. The fraction of sp³-hybridized carbons (Fsp3) is 0.583. The molecule has 3 heterocycles. The number of fused-ring (bicyclic) bond motifs is 3. The van der Waals surface area contributed by atoms with Crippen molar-refractivity contribution in [3.8, 4) is 0 Å². The Bertz CT molecular complexity index is 1070. The van der Waals surface area contributed by atoms with Crippen LogP contribution in [0.25, 0.3) is 0 Å². The smallest absolute Gasteiger partial charge is 0.227 e. The minimum atomic E-state index is -1.05. The van der Waals surface area contributed by atoms with Gasteiger partial charge >= 0.3 is 0 Å². The maximum atomic E-state index is 13.0. The normalized spacial score (nSPS) is 32.1. The number of anilines is 2. The van der Waals surface area contributed by atoms with Crippen LogP contribution in [0.1, 0.15) is 62.1 Å². The first-order valence-electron chi connectivity index (χ1n) is 11.7. The Morgan fingerprint density at radius 2 is 2.03 bits per heavy atom. The van der Waals surface area contributed by atoms with E-state index in [0.717, 1.165) is 66.8 Å². The molecule has 2 aromatic rings. The van der Waals surface area contributed by atoms with E-state index >= 15 is 0 Å². The molecule has 2 N–H and O–H groups in total. The zero-order chi connectivity index (χ0) is 22.0. The van der Waals surface area contributed by atoms with Crippen LogP contribution < -0.4 is 10.2 Å².